The molecule has 2 aliphatic heterocycles. The molecule has 3 fully saturated rings. The molecule has 0 radical (unpaired) electrons. The van der Waals surface area contributed by atoms with Gasteiger partial charge < -0.3 is 20.7 Å². The van der Waals surface area contributed by atoms with Crippen LogP contribution in [0.2, 0.25) is 5.02 Å². The second-order valence-electron chi connectivity index (χ2n) is 10.5. The fraction of sp³-hybridized carbons (Fsp3) is 0.625. The predicted molar refractivity (Wildman–Crippen MR) is 132 cm³/mol. The number of carbonyl (C=O) groups is 1. The Morgan fingerprint density at radius 2 is 2.00 bits per heavy atom. The lowest BCUT2D eigenvalue weighted by Gasteiger charge is -2.46. The molecule has 0 bridgehead atoms. The Morgan fingerprint density at radius 1 is 1.29 bits per heavy atom. The molecule has 3 heterocycles. The highest BCUT2D eigenvalue weighted by molar-refractivity contribution is 6.30. The van der Waals surface area contributed by atoms with Gasteiger partial charge in [0.15, 0.2) is 0 Å². The number of ether oxygens (including phenoxy) is 1. The fourth-order valence-corrected chi connectivity index (χ4v) is 5.30. The van der Waals surface area contributed by atoms with E-state index in [1.54, 1.807) is 0 Å². The standard InChI is InChI=1S/C24H34ClN7O2/c1-24(2)12-20(24)27-21(33)19-13-32(18(14-34-19)11-15-3-5-16(25)6-4-15)17-7-9-31(10-8-17)23-28-22(26)29-30-23/h3-6,17-20H,7-14H2,1-2H3,(H,27,33)(H3,26,28,29,30). The van der Waals surface area contributed by atoms with Gasteiger partial charge in [0, 0.05) is 42.8 Å². The number of nitrogens with two attached hydrogens (primary N) is 1. The van der Waals surface area contributed by atoms with Gasteiger partial charge in [-0.05, 0) is 48.8 Å². The summed E-state index contributed by atoms with van der Waals surface area (Å²) in [7, 11) is 0. The summed E-state index contributed by atoms with van der Waals surface area (Å²) in [6.45, 7) is 7.20. The zero-order valence-corrected chi connectivity index (χ0v) is 20.6. The van der Waals surface area contributed by atoms with Gasteiger partial charge >= 0.3 is 0 Å². The maximum absolute atomic E-state index is 13.0. The Balaban J connectivity index is 1.26. The van der Waals surface area contributed by atoms with Gasteiger partial charge in [0.2, 0.25) is 11.9 Å². The average Bonchev–Trinajstić information content (AvgIpc) is 3.20. The van der Waals surface area contributed by atoms with E-state index in [1.807, 2.05) is 12.1 Å². The second-order valence-corrected chi connectivity index (χ2v) is 10.9. The first kappa shape index (κ1) is 23.4. The summed E-state index contributed by atoms with van der Waals surface area (Å²) < 4.78 is 6.13. The number of amides is 1. The molecule has 4 N–H and O–H groups in total. The number of aromatic nitrogens is 3. The zero-order valence-electron chi connectivity index (χ0n) is 19.8. The SMILES string of the molecule is CC1(C)CC1NC(=O)C1CN(C2CCN(c3n[nH]c(N)n3)CC2)C(Cc2ccc(Cl)cc2)CO1. The van der Waals surface area contributed by atoms with Crippen LogP contribution in [0.5, 0.6) is 0 Å². The van der Waals surface area contributed by atoms with Crippen molar-refractivity contribution in [3.8, 4) is 0 Å². The lowest BCUT2D eigenvalue weighted by atomic mass is 9.96. The van der Waals surface area contributed by atoms with Crippen LogP contribution < -0.4 is 16.0 Å². The Morgan fingerprint density at radius 3 is 2.62 bits per heavy atom. The molecule has 1 aromatic heterocycles. The van der Waals surface area contributed by atoms with E-state index in [9.17, 15) is 4.79 Å². The molecule has 184 valence electrons. The highest BCUT2D eigenvalue weighted by Gasteiger charge is 2.48. The van der Waals surface area contributed by atoms with E-state index in [0.29, 0.717) is 31.1 Å². The van der Waals surface area contributed by atoms with Gasteiger partial charge in [-0.15, -0.1) is 5.10 Å². The molecule has 34 heavy (non-hydrogen) atoms. The number of piperidine rings is 1. The highest BCUT2D eigenvalue weighted by atomic mass is 35.5. The number of morpholine rings is 1. The van der Waals surface area contributed by atoms with Gasteiger partial charge in [-0.2, -0.15) is 4.98 Å². The van der Waals surface area contributed by atoms with Crippen LogP contribution in [0.3, 0.4) is 0 Å². The van der Waals surface area contributed by atoms with Crippen LogP contribution >= 0.6 is 11.6 Å². The summed E-state index contributed by atoms with van der Waals surface area (Å²) >= 11 is 6.09. The summed E-state index contributed by atoms with van der Waals surface area (Å²) in [6, 6.07) is 8.83. The summed E-state index contributed by atoms with van der Waals surface area (Å²) in [5.41, 5.74) is 7.12. The first-order valence-electron chi connectivity index (χ1n) is 12.1. The van der Waals surface area contributed by atoms with E-state index in [0.717, 1.165) is 43.8 Å². The number of benzene rings is 1. The molecule has 1 amide bonds. The van der Waals surface area contributed by atoms with Crippen molar-refractivity contribution in [2.45, 2.75) is 63.8 Å². The summed E-state index contributed by atoms with van der Waals surface area (Å²) in [4.78, 5) is 21.9. The smallest absolute Gasteiger partial charge is 0.250 e. The van der Waals surface area contributed by atoms with Crippen LogP contribution in [0.1, 0.15) is 38.7 Å². The van der Waals surface area contributed by atoms with Gasteiger partial charge in [-0.3, -0.25) is 9.69 Å². The Labute approximate surface area is 205 Å². The number of hydrogen-bond donors (Lipinski definition) is 3. The monoisotopic (exact) mass is 487 g/mol. The summed E-state index contributed by atoms with van der Waals surface area (Å²) in [6.07, 6.45) is 3.38. The van der Waals surface area contributed by atoms with E-state index < -0.39 is 6.10 Å². The van der Waals surface area contributed by atoms with Crippen molar-refractivity contribution in [2.24, 2.45) is 5.41 Å². The fourth-order valence-electron chi connectivity index (χ4n) is 5.17. The minimum atomic E-state index is -0.441. The van der Waals surface area contributed by atoms with Gasteiger partial charge in [-0.1, -0.05) is 37.6 Å². The third-order valence-electron chi connectivity index (χ3n) is 7.55. The van der Waals surface area contributed by atoms with E-state index >= 15 is 0 Å². The van der Waals surface area contributed by atoms with Crippen LogP contribution in [0.25, 0.3) is 0 Å². The van der Waals surface area contributed by atoms with Crippen molar-refractivity contribution < 1.29 is 9.53 Å². The minimum absolute atomic E-state index is 0.0131. The largest absolute Gasteiger partial charge is 0.368 e. The van der Waals surface area contributed by atoms with Gasteiger partial charge in [0.25, 0.3) is 5.91 Å². The second kappa shape index (κ2) is 9.36. The molecule has 1 aliphatic carbocycles. The quantitative estimate of drug-likeness (QED) is 0.572. The number of hydrogen-bond acceptors (Lipinski definition) is 7. The molecule has 3 atom stereocenters. The maximum atomic E-state index is 13.0. The molecule has 9 nitrogen and oxygen atoms in total. The first-order valence-corrected chi connectivity index (χ1v) is 12.5. The van der Waals surface area contributed by atoms with E-state index in [-0.39, 0.29) is 23.4 Å². The predicted octanol–water partition coefficient (Wildman–Crippen LogP) is 2.24. The molecular weight excluding hydrogens is 454 g/mol. The third-order valence-corrected chi connectivity index (χ3v) is 7.80. The van der Waals surface area contributed by atoms with Crippen molar-refractivity contribution in [1.82, 2.24) is 25.4 Å². The lowest BCUT2D eigenvalue weighted by molar-refractivity contribution is -0.145. The molecule has 10 heteroatoms. The molecule has 3 unspecified atom stereocenters. The molecule has 2 saturated heterocycles. The van der Waals surface area contributed by atoms with Crippen molar-refractivity contribution >= 4 is 29.4 Å². The normalized spacial score (nSPS) is 27.5. The third kappa shape index (κ3) is 5.16. The number of aromatic amines is 1. The lowest BCUT2D eigenvalue weighted by Crippen LogP contribution is -2.60. The summed E-state index contributed by atoms with van der Waals surface area (Å²) in [5, 5.41) is 10.9. The number of nitrogens with zero attached hydrogens (tertiary/aromatic N) is 4. The topological polar surface area (TPSA) is 112 Å². The van der Waals surface area contributed by atoms with Crippen LogP contribution in [-0.4, -0.2) is 76.5 Å². The number of rotatable bonds is 6. The van der Waals surface area contributed by atoms with Crippen LogP contribution in [0.4, 0.5) is 11.9 Å². The number of halogens is 1. The number of H-pyrrole nitrogens is 1. The number of anilines is 2. The van der Waals surface area contributed by atoms with Crippen molar-refractivity contribution in [2.75, 3.05) is 36.9 Å². The Kier molecular flexibility index (Phi) is 6.43. The Bertz CT molecular complexity index is 1000. The van der Waals surface area contributed by atoms with Gasteiger partial charge in [-0.25, -0.2) is 5.10 Å². The highest BCUT2D eigenvalue weighted by Crippen LogP contribution is 2.44. The van der Waals surface area contributed by atoms with E-state index in [1.165, 1.54) is 5.56 Å². The van der Waals surface area contributed by atoms with E-state index in [4.69, 9.17) is 22.1 Å². The molecular formula is C24H34ClN7O2. The van der Waals surface area contributed by atoms with Crippen LogP contribution in [0.15, 0.2) is 24.3 Å². The zero-order chi connectivity index (χ0) is 23.9. The van der Waals surface area contributed by atoms with Crippen LogP contribution in [-0.2, 0) is 16.0 Å². The van der Waals surface area contributed by atoms with Gasteiger partial charge in [0.1, 0.15) is 6.10 Å². The number of carbonyl (C=O) groups excluding carboxylic acids is 1. The maximum Gasteiger partial charge on any atom is 0.250 e. The van der Waals surface area contributed by atoms with Gasteiger partial charge in [0.05, 0.1) is 6.61 Å². The average molecular weight is 488 g/mol. The molecule has 5 rings (SSSR count). The van der Waals surface area contributed by atoms with Crippen molar-refractivity contribution in [1.29, 1.82) is 0 Å². The molecule has 0 spiro atoms. The van der Waals surface area contributed by atoms with Crippen LogP contribution in [0, 0.1) is 5.41 Å². The number of nitrogen functional groups attached to an aromatic ring is 1. The van der Waals surface area contributed by atoms with Crippen molar-refractivity contribution in [3.05, 3.63) is 34.9 Å². The molecule has 1 aromatic carbocycles. The van der Waals surface area contributed by atoms with Crippen molar-refractivity contribution in [3.63, 3.8) is 0 Å². The van der Waals surface area contributed by atoms with E-state index in [2.05, 4.69) is 56.3 Å². The number of nitrogens with one attached hydrogen (secondary N) is 2. The minimum Gasteiger partial charge on any atom is -0.368 e. The Hall–Kier alpha value is -2.36. The summed E-state index contributed by atoms with van der Waals surface area (Å²) in [5.74, 6) is 1.00. The molecule has 1 saturated carbocycles. The first-order chi connectivity index (χ1) is 16.3. The molecule has 3 aliphatic rings. The molecule has 2 aromatic rings.